The van der Waals surface area contributed by atoms with Crippen LogP contribution < -0.4 is 5.32 Å². The van der Waals surface area contributed by atoms with Gasteiger partial charge in [-0.25, -0.2) is 0 Å². The number of hydrogen-bond donors (Lipinski definition) is 1. The van der Waals surface area contributed by atoms with Gasteiger partial charge in [-0.15, -0.1) is 11.3 Å². The number of anilines is 1. The van der Waals surface area contributed by atoms with Crippen molar-refractivity contribution in [2.75, 3.05) is 5.32 Å². The summed E-state index contributed by atoms with van der Waals surface area (Å²) in [7, 11) is 0. The molecule has 0 radical (unpaired) electrons. The fraction of sp³-hybridized carbons (Fsp3) is 0.143. The molecule has 1 aromatic heterocycles. The first kappa shape index (κ1) is 12.3. The fourth-order valence-electron chi connectivity index (χ4n) is 1.55. The van der Waals surface area contributed by atoms with Gasteiger partial charge < -0.3 is 5.32 Å². The summed E-state index contributed by atoms with van der Waals surface area (Å²) < 4.78 is 0. The predicted molar refractivity (Wildman–Crippen MR) is 72.8 cm³/mol. The third-order valence-electron chi connectivity index (χ3n) is 2.46. The number of aryl methyl sites for hydroxylation is 1. The standard InChI is InChI=1S/C14H12N2OS/c1-10-2-7-13(18-10)14(17)16-12-5-3-11(4-6-12)8-9-15/h2-7H,8H2,1H3,(H,16,17). The van der Waals surface area contributed by atoms with E-state index in [4.69, 9.17) is 5.26 Å². The smallest absolute Gasteiger partial charge is 0.265 e. The molecular weight excluding hydrogens is 244 g/mol. The van der Waals surface area contributed by atoms with Gasteiger partial charge in [-0.3, -0.25) is 4.79 Å². The Labute approximate surface area is 110 Å². The van der Waals surface area contributed by atoms with Crippen LogP contribution in [0.2, 0.25) is 0 Å². The van der Waals surface area contributed by atoms with Crippen molar-refractivity contribution in [1.29, 1.82) is 5.26 Å². The van der Waals surface area contributed by atoms with Crippen LogP contribution in [0.3, 0.4) is 0 Å². The van der Waals surface area contributed by atoms with Crippen LogP contribution in [0.25, 0.3) is 0 Å². The molecule has 0 spiro atoms. The van der Waals surface area contributed by atoms with E-state index in [9.17, 15) is 4.79 Å². The Morgan fingerprint density at radius 1 is 1.28 bits per heavy atom. The van der Waals surface area contributed by atoms with E-state index in [0.717, 1.165) is 16.1 Å². The third-order valence-corrected chi connectivity index (χ3v) is 3.46. The van der Waals surface area contributed by atoms with Crippen LogP contribution in [0.4, 0.5) is 5.69 Å². The second-order valence-electron chi connectivity index (χ2n) is 3.90. The number of hydrogen-bond acceptors (Lipinski definition) is 3. The van der Waals surface area contributed by atoms with E-state index in [1.807, 2.05) is 43.3 Å². The van der Waals surface area contributed by atoms with Gasteiger partial charge in [-0.05, 0) is 36.8 Å². The van der Waals surface area contributed by atoms with Gasteiger partial charge in [0, 0.05) is 10.6 Å². The lowest BCUT2D eigenvalue weighted by molar-refractivity contribution is 0.103. The maximum absolute atomic E-state index is 11.9. The number of thiophene rings is 1. The Morgan fingerprint density at radius 2 is 2.00 bits per heavy atom. The number of carbonyl (C=O) groups is 1. The van der Waals surface area contributed by atoms with Crippen molar-refractivity contribution in [1.82, 2.24) is 0 Å². The average Bonchev–Trinajstić information content (AvgIpc) is 2.79. The highest BCUT2D eigenvalue weighted by Gasteiger charge is 2.07. The maximum Gasteiger partial charge on any atom is 0.265 e. The third kappa shape index (κ3) is 2.96. The van der Waals surface area contributed by atoms with Crippen LogP contribution in [0, 0.1) is 18.3 Å². The zero-order valence-electron chi connectivity index (χ0n) is 9.93. The van der Waals surface area contributed by atoms with E-state index in [1.54, 1.807) is 0 Å². The van der Waals surface area contributed by atoms with Crippen molar-refractivity contribution in [3.63, 3.8) is 0 Å². The second kappa shape index (κ2) is 5.48. The van der Waals surface area contributed by atoms with Crippen molar-refractivity contribution >= 4 is 22.9 Å². The minimum Gasteiger partial charge on any atom is -0.321 e. The number of nitriles is 1. The van der Waals surface area contributed by atoms with Gasteiger partial charge in [0.1, 0.15) is 0 Å². The number of nitrogens with zero attached hydrogens (tertiary/aromatic N) is 1. The molecular formula is C14H12N2OS. The number of nitrogens with one attached hydrogen (secondary N) is 1. The molecule has 18 heavy (non-hydrogen) atoms. The summed E-state index contributed by atoms with van der Waals surface area (Å²) in [5.41, 5.74) is 1.69. The van der Waals surface area contributed by atoms with Crippen molar-refractivity contribution in [3.05, 3.63) is 51.7 Å². The zero-order valence-corrected chi connectivity index (χ0v) is 10.8. The van der Waals surface area contributed by atoms with Gasteiger partial charge in [0.15, 0.2) is 0 Å². The fourth-order valence-corrected chi connectivity index (χ4v) is 2.31. The minimum atomic E-state index is -0.0962. The Balaban J connectivity index is 2.05. The number of amides is 1. The Kier molecular flexibility index (Phi) is 3.75. The molecule has 0 aliphatic carbocycles. The van der Waals surface area contributed by atoms with E-state index < -0.39 is 0 Å². The summed E-state index contributed by atoms with van der Waals surface area (Å²) in [6.45, 7) is 1.97. The van der Waals surface area contributed by atoms with E-state index in [2.05, 4.69) is 11.4 Å². The highest BCUT2D eigenvalue weighted by atomic mass is 32.1. The second-order valence-corrected chi connectivity index (χ2v) is 5.18. The topological polar surface area (TPSA) is 52.9 Å². The first-order chi connectivity index (χ1) is 8.69. The van der Waals surface area contributed by atoms with E-state index in [0.29, 0.717) is 11.3 Å². The van der Waals surface area contributed by atoms with Crippen molar-refractivity contribution in [2.45, 2.75) is 13.3 Å². The minimum absolute atomic E-state index is 0.0962. The SMILES string of the molecule is Cc1ccc(C(=O)Nc2ccc(CC#N)cc2)s1. The average molecular weight is 256 g/mol. The first-order valence-corrected chi connectivity index (χ1v) is 6.34. The maximum atomic E-state index is 11.9. The summed E-state index contributed by atoms with van der Waals surface area (Å²) in [6, 6.07) is 13.1. The lowest BCUT2D eigenvalue weighted by Gasteiger charge is -2.04. The Bertz CT molecular complexity index is 593. The van der Waals surface area contributed by atoms with Crippen molar-refractivity contribution < 1.29 is 4.79 Å². The van der Waals surface area contributed by atoms with Crippen LogP contribution in [0.15, 0.2) is 36.4 Å². The molecule has 1 heterocycles. The highest BCUT2D eigenvalue weighted by molar-refractivity contribution is 7.14. The van der Waals surface area contributed by atoms with Crippen LogP contribution in [-0.4, -0.2) is 5.91 Å². The molecule has 0 unspecified atom stereocenters. The van der Waals surface area contributed by atoms with Gasteiger partial charge in [0.05, 0.1) is 17.4 Å². The summed E-state index contributed by atoms with van der Waals surface area (Å²) in [5, 5.41) is 11.4. The zero-order chi connectivity index (χ0) is 13.0. The normalized spacial score (nSPS) is 9.78. The van der Waals surface area contributed by atoms with Crippen molar-refractivity contribution in [2.24, 2.45) is 0 Å². The molecule has 2 aromatic rings. The van der Waals surface area contributed by atoms with E-state index in [-0.39, 0.29) is 5.91 Å². The molecule has 2 rings (SSSR count). The number of rotatable bonds is 3. The largest absolute Gasteiger partial charge is 0.321 e. The molecule has 4 heteroatoms. The molecule has 0 saturated carbocycles. The van der Waals surface area contributed by atoms with Gasteiger partial charge >= 0.3 is 0 Å². The first-order valence-electron chi connectivity index (χ1n) is 5.53. The molecule has 90 valence electrons. The van der Waals surface area contributed by atoms with E-state index in [1.165, 1.54) is 11.3 Å². The summed E-state index contributed by atoms with van der Waals surface area (Å²) >= 11 is 1.47. The summed E-state index contributed by atoms with van der Waals surface area (Å²) in [6.07, 6.45) is 0.387. The molecule has 1 aromatic carbocycles. The van der Waals surface area contributed by atoms with Gasteiger partial charge in [-0.1, -0.05) is 12.1 Å². The molecule has 1 N–H and O–H groups in total. The van der Waals surface area contributed by atoms with E-state index >= 15 is 0 Å². The molecule has 3 nitrogen and oxygen atoms in total. The molecule has 0 aliphatic heterocycles. The van der Waals surface area contributed by atoms with Crippen LogP contribution in [0.5, 0.6) is 0 Å². The van der Waals surface area contributed by atoms with Gasteiger partial charge in [0.2, 0.25) is 0 Å². The molecule has 1 amide bonds. The lowest BCUT2D eigenvalue weighted by Crippen LogP contribution is -2.09. The monoisotopic (exact) mass is 256 g/mol. The van der Waals surface area contributed by atoms with Crippen LogP contribution in [0.1, 0.15) is 20.1 Å². The number of benzene rings is 1. The molecule has 0 bridgehead atoms. The van der Waals surface area contributed by atoms with Crippen LogP contribution in [-0.2, 0) is 6.42 Å². The van der Waals surface area contributed by atoms with Gasteiger partial charge in [-0.2, -0.15) is 5.26 Å². The summed E-state index contributed by atoms with van der Waals surface area (Å²) in [4.78, 5) is 13.7. The number of carbonyl (C=O) groups excluding carboxylic acids is 1. The Hall–Kier alpha value is -2.12. The quantitative estimate of drug-likeness (QED) is 0.915. The molecule has 0 saturated heterocycles. The molecule has 0 aliphatic rings. The lowest BCUT2D eigenvalue weighted by atomic mass is 10.1. The predicted octanol–water partition coefficient (Wildman–Crippen LogP) is 3.37. The summed E-state index contributed by atoms with van der Waals surface area (Å²) in [5.74, 6) is -0.0962. The Morgan fingerprint density at radius 3 is 2.56 bits per heavy atom. The van der Waals surface area contributed by atoms with Gasteiger partial charge in [0.25, 0.3) is 5.91 Å². The molecule has 0 fully saturated rings. The molecule has 0 atom stereocenters. The van der Waals surface area contributed by atoms with Crippen molar-refractivity contribution in [3.8, 4) is 6.07 Å². The van der Waals surface area contributed by atoms with Crippen LogP contribution >= 0.6 is 11.3 Å². The highest BCUT2D eigenvalue weighted by Crippen LogP contribution is 2.17.